The van der Waals surface area contributed by atoms with Crippen LogP contribution >= 0.6 is 0 Å². The van der Waals surface area contributed by atoms with Crippen LogP contribution in [-0.2, 0) is 11.0 Å². The Balaban J connectivity index is 2.02. The summed E-state index contributed by atoms with van der Waals surface area (Å²) in [6.07, 6.45) is 5.57. The smallest absolute Gasteiger partial charge is 0.215 e. The van der Waals surface area contributed by atoms with Gasteiger partial charge in [-0.1, -0.05) is 46.1 Å². The van der Waals surface area contributed by atoms with E-state index in [-0.39, 0.29) is 11.0 Å². The first-order valence-corrected chi connectivity index (χ1v) is 7.59. The van der Waals surface area contributed by atoms with Crippen LogP contribution in [0.4, 0.5) is 0 Å². The SMILES string of the molecule is CC(C)(C)c1ccc2oc(C3(N)CCCCC3)nc2c1. The van der Waals surface area contributed by atoms with Gasteiger partial charge in [-0.05, 0) is 36.0 Å². The lowest BCUT2D eigenvalue weighted by atomic mass is 9.82. The summed E-state index contributed by atoms with van der Waals surface area (Å²) in [7, 11) is 0. The molecule has 0 aliphatic heterocycles. The van der Waals surface area contributed by atoms with Crippen LogP contribution < -0.4 is 5.73 Å². The molecular formula is C17H24N2O. The van der Waals surface area contributed by atoms with Crippen LogP contribution in [0.2, 0.25) is 0 Å². The molecular weight excluding hydrogens is 248 g/mol. The van der Waals surface area contributed by atoms with Crippen LogP contribution in [0.3, 0.4) is 0 Å². The molecule has 0 saturated heterocycles. The fourth-order valence-electron chi connectivity index (χ4n) is 3.00. The van der Waals surface area contributed by atoms with Crippen LogP contribution in [-0.4, -0.2) is 4.98 Å². The van der Waals surface area contributed by atoms with Crippen molar-refractivity contribution >= 4 is 11.1 Å². The maximum Gasteiger partial charge on any atom is 0.215 e. The Morgan fingerprint density at radius 2 is 1.85 bits per heavy atom. The van der Waals surface area contributed by atoms with E-state index in [1.165, 1.54) is 24.8 Å². The Morgan fingerprint density at radius 3 is 2.50 bits per heavy atom. The molecule has 0 spiro atoms. The predicted octanol–water partition coefficient (Wildman–Crippen LogP) is 4.24. The first kappa shape index (κ1) is 13.6. The maximum atomic E-state index is 6.51. The van der Waals surface area contributed by atoms with Crippen LogP contribution in [0.15, 0.2) is 22.6 Å². The van der Waals surface area contributed by atoms with Crippen molar-refractivity contribution in [2.45, 2.75) is 63.8 Å². The van der Waals surface area contributed by atoms with Crippen molar-refractivity contribution in [2.75, 3.05) is 0 Å². The molecule has 1 heterocycles. The molecule has 3 rings (SSSR count). The van der Waals surface area contributed by atoms with E-state index >= 15 is 0 Å². The van der Waals surface area contributed by atoms with Crippen LogP contribution in [0.1, 0.15) is 64.3 Å². The Labute approximate surface area is 120 Å². The number of hydrogen-bond acceptors (Lipinski definition) is 3. The highest BCUT2D eigenvalue weighted by Crippen LogP contribution is 2.36. The summed E-state index contributed by atoms with van der Waals surface area (Å²) >= 11 is 0. The molecule has 1 aliphatic carbocycles. The second-order valence-corrected chi connectivity index (χ2v) is 7.17. The number of nitrogens with zero attached hydrogens (tertiary/aromatic N) is 1. The van der Waals surface area contributed by atoms with Crippen molar-refractivity contribution in [3.63, 3.8) is 0 Å². The van der Waals surface area contributed by atoms with Gasteiger partial charge in [0.15, 0.2) is 5.58 Å². The minimum Gasteiger partial charge on any atom is -0.439 e. The summed E-state index contributed by atoms with van der Waals surface area (Å²) in [5.41, 5.74) is 9.33. The van der Waals surface area contributed by atoms with Crippen molar-refractivity contribution in [3.05, 3.63) is 29.7 Å². The molecule has 1 fully saturated rings. The minimum atomic E-state index is -0.362. The Hall–Kier alpha value is -1.35. The molecule has 1 saturated carbocycles. The van der Waals surface area contributed by atoms with Crippen molar-refractivity contribution < 1.29 is 4.42 Å². The Morgan fingerprint density at radius 1 is 1.15 bits per heavy atom. The fourth-order valence-corrected chi connectivity index (χ4v) is 3.00. The monoisotopic (exact) mass is 272 g/mol. The summed E-state index contributed by atoms with van der Waals surface area (Å²) in [6.45, 7) is 6.63. The molecule has 1 aliphatic rings. The molecule has 0 unspecified atom stereocenters. The average molecular weight is 272 g/mol. The number of fused-ring (bicyclic) bond motifs is 1. The number of oxazole rings is 1. The van der Waals surface area contributed by atoms with Gasteiger partial charge in [-0.15, -0.1) is 0 Å². The maximum absolute atomic E-state index is 6.51. The lowest BCUT2D eigenvalue weighted by Crippen LogP contribution is -2.38. The Bertz CT molecular complexity index is 615. The zero-order chi connectivity index (χ0) is 14.4. The van der Waals surface area contributed by atoms with Gasteiger partial charge >= 0.3 is 0 Å². The van der Waals surface area contributed by atoms with Gasteiger partial charge in [-0.2, -0.15) is 0 Å². The van der Waals surface area contributed by atoms with Crippen LogP contribution in [0.25, 0.3) is 11.1 Å². The van der Waals surface area contributed by atoms with Gasteiger partial charge in [0.1, 0.15) is 5.52 Å². The summed E-state index contributed by atoms with van der Waals surface area (Å²) < 4.78 is 5.94. The second kappa shape index (κ2) is 4.59. The normalized spacial score (nSPS) is 19.4. The zero-order valence-corrected chi connectivity index (χ0v) is 12.7. The van der Waals surface area contributed by atoms with Gasteiger partial charge in [-0.3, -0.25) is 0 Å². The number of aromatic nitrogens is 1. The van der Waals surface area contributed by atoms with E-state index in [1.807, 2.05) is 6.07 Å². The third-order valence-electron chi connectivity index (χ3n) is 4.43. The lowest BCUT2D eigenvalue weighted by molar-refractivity contribution is 0.248. The molecule has 3 heteroatoms. The predicted molar refractivity (Wildman–Crippen MR) is 81.7 cm³/mol. The Kier molecular flexibility index (Phi) is 3.13. The van der Waals surface area contributed by atoms with Gasteiger partial charge in [0.05, 0.1) is 5.54 Å². The number of hydrogen-bond donors (Lipinski definition) is 1. The third kappa shape index (κ3) is 2.35. The van der Waals surface area contributed by atoms with E-state index in [4.69, 9.17) is 15.1 Å². The molecule has 0 bridgehead atoms. The van der Waals surface area contributed by atoms with Crippen LogP contribution in [0, 0.1) is 0 Å². The number of rotatable bonds is 1. The van der Waals surface area contributed by atoms with E-state index in [2.05, 4.69) is 32.9 Å². The van der Waals surface area contributed by atoms with E-state index < -0.39 is 0 Å². The van der Waals surface area contributed by atoms with Crippen molar-refractivity contribution in [2.24, 2.45) is 5.73 Å². The number of nitrogens with two attached hydrogens (primary N) is 1. The molecule has 0 radical (unpaired) electrons. The molecule has 2 N–H and O–H groups in total. The standard InChI is InChI=1S/C17H24N2O/c1-16(2,3)12-7-8-14-13(11-12)19-15(20-14)17(18)9-5-4-6-10-17/h7-8,11H,4-6,9-10,18H2,1-3H3. The summed E-state index contributed by atoms with van der Waals surface area (Å²) in [5, 5.41) is 0. The van der Waals surface area contributed by atoms with Gasteiger partial charge in [0.2, 0.25) is 5.89 Å². The topological polar surface area (TPSA) is 52.0 Å². The minimum absolute atomic E-state index is 0.124. The molecule has 108 valence electrons. The van der Waals surface area contributed by atoms with Crippen LogP contribution in [0.5, 0.6) is 0 Å². The number of benzene rings is 1. The van der Waals surface area contributed by atoms with Crippen molar-refractivity contribution in [1.29, 1.82) is 0 Å². The summed E-state index contributed by atoms with van der Waals surface area (Å²) in [6, 6.07) is 6.29. The third-order valence-corrected chi connectivity index (χ3v) is 4.43. The molecule has 1 aromatic heterocycles. The van der Waals surface area contributed by atoms with Gasteiger partial charge in [0.25, 0.3) is 0 Å². The molecule has 1 aromatic carbocycles. The van der Waals surface area contributed by atoms with Gasteiger partial charge in [-0.25, -0.2) is 4.98 Å². The van der Waals surface area contributed by atoms with E-state index in [9.17, 15) is 0 Å². The summed E-state index contributed by atoms with van der Waals surface area (Å²) in [4.78, 5) is 4.69. The summed E-state index contributed by atoms with van der Waals surface area (Å²) in [5.74, 6) is 0.721. The fraction of sp³-hybridized carbons (Fsp3) is 0.588. The highest BCUT2D eigenvalue weighted by atomic mass is 16.4. The molecule has 0 atom stereocenters. The zero-order valence-electron chi connectivity index (χ0n) is 12.7. The van der Waals surface area contributed by atoms with Crippen molar-refractivity contribution in [3.8, 4) is 0 Å². The molecule has 20 heavy (non-hydrogen) atoms. The highest BCUT2D eigenvalue weighted by Gasteiger charge is 2.34. The molecule has 3 nitrogen and oxygen atoms in total. The quantitative estimate of drug-likeness (QED) is 0.844. The van der Waals surface area contributed by atoms with E-state index in [0.717, 1.165) is 29.8 Å². The second-order valence-electron chi connectivity index (χ2n) is 7.17. The first-order valence-electron chi connectivity index (χ1n) is 7.59. The van der Waals surface area contributed by atoms with E-state index in [0.29, 0.717) is 0 Å². The van der Waals surface area contributed by atoms with Crippen molar-refractivity contribution in [1.82, 2.24) is 4.98 Å². The van der Waals surface area contributed by atoms with E-state index in [1.54, 1.807) is 0 Å². The highest BCUT2D eigenvalue weighted by molar-refractivity contribution is 5.74. The molecule has 0 amide bonds. The molecule has 2 aromatic rings. The average Bonchev–Trinajstić information content (AvgIpc) is 2.82. The largest absolute Gasteiger partial charge is 0.439 e. The lowest BCUT2D eigenvalue weighted by Gasteiger charge is -2.29. The van der Waals surface area contributed by atoms with Gasteiger partial charge in [0, 0.05) is 0 Å². The first-order chi connectivity index (χ1) is 9.38. The van der Waals surface area contributed by atoms with Gasteiger partial charge < -0.3 is 10.2 Å².